The quantitative estimate of drug-likeness (QED) is 0.432. The van der Waals surface area contributed by atoms with Crippen molar-refractivity contribution in [1.29, 1.82) is 0 Å². The highest BCUT2D eigenvalue weighted by atomic mass is 19.3. The number of likely N-dealkylation sites (N-methyl/N-ethyl adjacent to an activating group) is 1. The minimum Gasteiger partial charge on any atom is -0.477 e. The second-order valence-electron chi connectivity index (χ2n) is 9.61. The van der Waals surface area contributed by atoms with Crippen LogP contribution in [0.25, 0.3) is 0 Å². The third-order valence-corrected chi connectivity index (χ3v) is 6.87. The molecule has 3 aromatic rings. The summed E-state index contributed by atoms with van der Waals surface area (Å²) in [7, 11) is 1.28. The number of anilines is 3. The summed E-state index contributed by atoms with van der Waals surface area (Å²) in [6.07, 6.45) is 7.24. The van der Waals surface area contributed by atoms with Crippen LogP contribution in [0.2, 0.25) is 0 Å². The zero-order valence-electron chi connectivity index (χ0n) is 22.5. The Kier molecular flexibility index (Phi) is 8.07. The smallest absolute Gasteiger partial charge is 0.413 e. The molecule has 2 atom stereocenters. The van der Waals surface area contributed by atoms with Crippen molar-refractivity contribution < 1.29 is 27.8 Å². The number of carbonyl (C=O) groups excluding carboxylic acids is 2. The Morgan fingerprint density at radius 3 is 2.76 bits per heavy atom. The van der Waals surface area contributed by atoms with E-state index in [9.17, 15) is 18.4 Å². The number of urea groups is 1. The van der Waals surface area contributed by atoms with Crippen LogP contribution in [0.3, 0.4) is 0 Å². The minimum absolute atomic E-state index is 0.0497. The molecule has 0 spiro atoms. The van der Waals surface area contributed by atoms with E-state index in [4.69, 9.17) is 9.47 Å². The van der Waals surface area contributed by atoms with Crippen molar-refractivity contribution in [3.63, 3.8) is 0 Å². The molecule has 3 aromatic heterocycles. The lowest BCUT2D eigenvalue weighted by atomic mass is 10.00. The van der Waals surface area contributed by atoms with Gasteiger partial charge in [0.1, 0.15) is 23.8 Å². The third-order valence-electron chi connectivity index (χ3n) is 6.87. The van der Waals surface area contributed by atoms with E-state index in [0.29, 0.717) is 26.0 Å². The third kappa shape index (κ3) is 6.58. The highest BCUT2D eigenvalue weighted by molar-refractivity contribution is 5.88. The molecule has 0 aromatic carbocycles. The van der Waals surface area contributed by atoms with Crippen LogP contribution in [0.5, 0.6) is 5.88 Å². The molecule has 2 unspecified atom stereocenters. The van der Waals surface area contributed by atoms with Gasteiger partial charge in [0.2, 0.25) is 11.8 Å². The van der Waals surface area contributed by atoms with E-state index in [2.05, 4.69) is 35.6 Å². The van der Waals surface area contributed by atoms with Gasteiger partial charge in [-0.1, -0.05) is 0 Å². The Hall–Kier alpha value is -4.63. The lowest BCUT2D eigenvalue weighted by molar-refractivity contribution is -0.0760. The number of carbonyl (C=O) groups is 2. The van der Waals surface area contributed by atoms with E-state index in [0.717, 1.165) is 10.7 Å². The average Bonchev–Trinajstić information content (AvgIpc) is 3.42. The van der Waals surface area contributed by atoms with Gasteiger partial charge in [-0.05, 0) is 13.0 Å². The first-order valence-electron chi connectivity index (χ1n) is 13.1. The lowest BCUT2D eigenvalue weighted by Gasteiger charge is -2.42. The van der Waals surface area contributed by atoms with Crippen molar-refractivity contribution in [3.05, 3.63) is 42.9 Å². The Balaban J connectivity index is 1.20. The Bertz CT molecular complexity index is 1370. The number of fused-ring (bicyclic) bond motifs is 1. The molecule has 2 aliphatic rings. The molecule has 14 nitrogen and oxygen atoms in total. The SMILES string of the molecule is CCOc1cnc(NC(=O)N(C)C2CN(c3nccc(NC(=O)OC4CCn5ccnc5C4)n3)CCC2(F)F)cn1. The van der Waals surface area contributed by atoms with Crippen molar-refractivity contribution >= 4 is 29.7 Å². The molecule has 5 rings (SSSR count). The number of imidazole rings is 1. The number of alkyl halides is 2. The van der Waals surface area contributed by atoms with Crippen LogP contribution in [0.4, 0.5) is 36.0 Å². The zero-order valence-corrected chi connectivity index (χ0v) is 22.5. The van der Waals surface area contributed by atoms with Gasteiger partial charge in [-0.15, -0.1) is 0 Å². The largest absolute Gasteiger partial charge is 0.477 e. The topological polar surface area (TPSA) is 153 Å². The summed E-state index contributed by atoms with van der Waals surface area (Å²) in [5, 5.41) is 5.06. The van der Waals surface area contributed by atoms with E-state index >= 15 is 0 Å². The Morgan fingerprint density at radius 2 is 1.98 bits per heavy atom. The van der Waals surface area contributed by atoms with E-state index in [1.807, 2.05) is 10.8 Å². The maximum atomic E-state index is 15.0. The van der Waals surface area contributed by atoms with Crippen molar-refractivity contribution in [1.82, 2.24) is 34.4 Å². The van der Waals surface area contributed by atoms with E-state index in [1.54, 1.807) is 18.0 Å². The Morgan fingerprint density at radius 1 is 1.12 bits per heavy atom. The molecule has 0 aliphatic carbocycles. The fourth-order valence-electron chi connectivity index (χ4n) is 4.69. The number of aromatic nitrogens is 6. The van der Waals surface area contributed by atoms with E-state index < -0.39 is 30.5 Å². The normalized spacial score (nSPS) is 19.6. The molecule has 218 valence electrons. The Labute approximate surface area is 234 Å². The summed E-state index contributed by atoms with van der Waals surface area (Å²) in [5.41, 5.74) is 0. The number of nitrogens with one attached hydrogen (secondary N) is 2. The number of aryl methyl sites for hydroxylation is 1. The highest BCUT2D eigenvalue weighted by Gasteiger charge is 2.48. The second-order valence-corrected chi connectivity index (χ2v) is 9.61. The highest BCUT2D eigenvalue weighted by Crippen LogP contribution is 2.33. The number of nitrogens with zero attached hydrogens (tertiary/aromatic N) is 8. The predicted octanol–water partition coefficient (Wildman–Crippen LogP) is 2.80. The molecular formula is C25H30F2N10O4. The summed E-state index contributed by atoms with van der Waals surface area (Å²) in [4.78, 5) is 48.6. The number of ether oxygens (including phenoxy) is 2. The van der Waals surface area contributed by atoms with Crippen molar-refractivity contribution in [2.24, 2.45) is 0 Å². The predicted molar refractivity (Wildman–Crippen MR) is 142 cm³/mol. The van der Waals surface area contributed by atoms with Crippen LogP contribution in [0.1, 0.15) is 25.6 Å². The maximum Gasteiger partial charge on any atom is 0.413 e. The standard InChI is InChI=1S/C25H30F2N10O4/c1-3-40-21-14-30-19(13-31-21)33-23(38)35(2)17-15-37(10-6-25(17,26)27)22-29-7-4-18(32-22)34-24(39)41-16-5-9-36-11-8-28-20(36)12-16/h4,7-8,11,13-14,16-17H,3,5-6,9-10,12,15H2,1-2H3,(H,30,33,38)(H,29,32,34,39). The number of piperidine rings is 1. The van der Waals surface area contributed by atoms with Crippen LogP contribution in [-0.4, -0.2) is 91.3 Å². The van der Waals surface area contributed by atoms with Crippen molar-refractivity contribution in [2.75, 3.05) is 42.3 Å². The van der Waals surface area contributed by atoms with Gasteiger partial charge >= 0.3 is 12.1 Å². The number of hydrogen-bond acceptors (Lipinski definition) is 10. The molecule has 0 radical (unpaired) electrons. The molecule has 2 aliphatic heterocycles. The van der Waals surface area contributed by atoms with Crippen LogP contribution < -0.4 is 20.3 Å². The first-order chi connectivity index (χ1) is 19.7. The van der Waals surface area contributed by atoms with Gasteiger partial charge in [-0.3, -0.25) is 10.6 Å². The van der Waals surface area contributed by atoms with Gasteiger partial charge in [0.25, 0.3) is 5.92 Å². The van der Waals surface area contributed by atoms with Gasteiger partial charge in [-0.2, -0.15) is 4.98 Å². The number of hydrogen-bond donors (Lipinski definition) is 2. The first kappa shape index (κ1) is 27.9. The van der Waals surface area contributed by atoms with Crippen LogP contribution in [0, 0.1) is 0 Å². The molecule has 2 N–H and O–H groups in total. The molecule has 1 fully saturated rings. The van der Waals surface area contributed by atoms with E-state index in [-0.39, 0.29) is 42.7 Å². The van der Waals surface area contributed by atoms with Crippen molar-refractivity contribution in [2.45, 2.75) is 50.8 Å². The molecular weight excluding hydrogens is 542 g/mol. The summed E-state index contributed by atoms with van der Waals surface area (Å²) in [6.45, 7) is 2.60. The van der Waals surface area contributed by atoms with Gasteiger partial charge in [0, 0.05) is 64.5 Å². The molecule has 0 saturated carbocycles. The molecule has 5 heterocycles. The average molecular weight is 573 g/mol. The summed E-state index contributed by atoms with van der Waals surface area (Å²) in [5.74, 6) is -1.66. The van der Waals surface area contributed by atoms with Crippen LogP contribution >= 0.6 is 0 Å². The monoisotopic (exact) mass is 572 g/mol. The van der Waals surface area contributed by atoms with E-state index in [1.165, 1.54) is 31.7 Å². The summed E-state index contributed by atoms with van der Waals surface area (Å²) < 4.78 is 42.7. The van der Waals surface area contributed by atoms with Gasteiger partial charge in [0.15, 0.2) is 5.82 Å². The van der Waals surface area contributed by atoms with Gasteiger partial charge in [-0.25, -0.2) is 38.3 Å². The molecule has 0 bridgehead atoms. The number of rotatable bonds is 7. The molecule has 3 amide bonds. The summed E-state index contributed by atoms with van der Waals surface area (Å²) >= 11 is 0. The number of halogens is 2. The van der Waals surface area contributed by atoms with Gasteiger partial charge < -0.3 is 23.8 Å². The molecule has 41 heavy (non-hydrogen) atoms. The summed E-state index contributed by atoms with van der Waals surface area (Å²) in [6, 6.07) is -0.790. The lowest BCUT2D eigenvalue weighted by Crippen LogP contribution is -2.60. The van der Waals surface area contributed by atoms with Crippen LogP contribution in [0.15, 0.2) is 37.1 Å². The molecule has 1 saturated heterocycles. The first-order valence-corrected chi connectivity index (χ1v) is 13.1. The van der Waals surface area contributed by atoms with Crippen molar-refractivity contribution in [3.8, 4) is 5.88 Å². The fourth-order valence-corrected chi connectivity index (χ4v) is 4.69. The fraction of sp³-hybridized carbons (Fsp3) is 0.480. The molecule has 16 heteroatoms. The second kappa shape index (κ2) is 11.9. The zero-order chi connectivity index (χ0) is 29.0. The van der Waals surface area contributed by atoms with Crippen LogP contribution in [-0.2, 0) is 17.7 Å². The number of amides is 3. The van der Waals surface area contributed by atoms with Gasteiger partial charge in [0.05, 0.1) is 19.0 Å². The maximum absolute atomic E-state index is 15.0. The minimum atomic E-state index is -3.17.